The summed E-state index contributed by atoms with van der Waals surface area (Å²) in [5, 5.41) is 0. The molecule has 1 saturated carbocycles. The van der Waals surface area contributed by atoms with Gasteiger partial charge in [-0.25, -0.2) is 14.0 Å². The van der Waals surface area contributed by atoms with Crippen LogP contribution < -0.4 is 0 Å². The number of ether oxygens (including phenoxy) is 2. The molecule has 3 aliphatic rings. The topological polar surface area (TPSA) is 59.1 Å². The molecule has 0 radical (unpaired) electrons. The Morgan fingerprint density at radius 2 is 1.90 bits per heavy atom. The summed E-state index contributed by atoms with van der Waals surface area (Å²) in [6, 6.07) is 3.79. The fraction of sp³-hybridized carbons (Fsp3) is 0.667. The van der Waals surface area contributed by atoms with Gasteiger partial charge in [-0.15, -0.1) is 0 Å². The first kappa shape index (κ1) is 22.1. The highest BCUT2D eigenvalue weighted by Crippen LogP contribution is 2.52. The van der Waals surface area contributed by atoms with Crippen molar-refractivity contribution in [3.8, 4) is 0 Å². The SMILES string of the molecule is CCC1Cc2c(F)cc(C(=O)OC)cc2CN1C1CC2(C1)CN(C(=O)OC(C)(C)C)C2. The van der Waals surface area contributed by atoms with E-state index in [1.807, 2.05) is 20.8 Å². The molecule has 1 atom stereocenters. The molecule has 1 aromatic carbocycles. The zero-order chi connectivity index (χ0) is 22.6. The van der Waals surface area contributed by atoms with Crippen molar-refractivity contribution in [2.75, 3.05) is 20.2 Å². The molecule has 4 rings (SSSR count). The molecule has 1 saturated heterocycles. The first-order valence-corrected chi connectivity index (χ1v) is 11.2. The van der Waals surface area contributed by atoms with E-state index in [0.717, 1.165) is 43.5 Å². The molecule has 2 fully saturated rings. The van der Waals surface area contributed by atoms with E-state index in [0.29, 0.717) is 19.0 Å². The number of hydrogen-bond donors (Lipinski definition) is 0. The normalized spacial score (nSPS) is 23.0. The maximum Gasteiger partial charge on any atom is 0.410 e. The second-order valence-electron chi connectivity index (χ2n) is 10.4. The van der Waals surface area contributed by atoms with Gasteiger partial charge in [0.15, 0.2) is 0 Å². The van der Waals surface area contributed by atoms with Gasteiger partial charge < -0.3 is 14.4 Å². The van der Waals surface area contributed by atoms with Crippen LogP contribution in [0.25, 0.3) is 0 Å². The van der Waals surface area contributed by atoms with Gasteiger partial charge in [0.25, 0.3) is 0 Å². The Kier molecular flexibility index (Phi) is 5.53. The van der Waals surface area contributed by atoms with Gasteiger partial charge in [0.05, 0.1) is 12.7 Å². The zero-order valence-corrected chi connectivity index (χ0v) is 19.2. The average molecular weight is 433 g/mol. The Labute approximate surface area is 183 Å². The summed E-state index contributed by atoms with van der Waals surface area (Å²) in [6.07, 6.45) is 3.46. The Balaban J connectivity index is 1.41. The molecule has 1 unspecified atom stereocenters. The molecule has 31 heavy (non-hydrogen) atoms. The van der Waals surface area contributed by atoms with E-state index in [1.165, 1.54) is 13.2 Å². The number of methoxy groups -OCH3 is 1. The van der Waals surface area contributed by atoms with Gasteiger partial charge in [-0.1, -0.05) is 6.92 Å². The quantitative estimate of drug-likeness (QED) is 0.672. The van der Waals surface area contributed by atoms with Crippen LogP contribution in [0.2, 0.25) is 0 Å². The highest BCUT2D eigenvalue weighted by molar-refractivity contribution is 5.89. The monoisotopic (exact) mass is 432 g/mol. The Morgan fingerprint density at radius 1 is 1.23 bits per heavy atom. The molecule has 1 spiro atoms. The first-order chi connectivity index (χ1) is 14.5. The van der Waals surface area contributed by atoms with Crippen molar-refractivity contribution >= 4 is 12.1 Å². The molecule has 2 heterocycles. The molecule has 1 aromatic rings. The molecule has 170 valence electrons. The smallest absolute Gasteiger partial charge is 0.410 e. The second kappa shape index (κ2) is 7.76. The number of esters is 1. The summed E-state index contributed by atoms with van der Waals surface area (Å²) < 4.78 is 25.0. The van der Waals surface area contributed by atoms with Crippen LogP contribution >= 0.6 is 0 Å². The lowest BCUT2D eigenvalue weighted by Crippen LogP contribution is -2.68. The highest BCUT2D eigenvalue weighted by Gasteiger charge is 2.56. The minimum atomic E-state index is -0.509. The van der Waals surface area contributed by atoms with Gasteiger partial charge in [0.1, 0.15) is 11.4 Å². The van der Waals surface area contributed by atoms with Crippen molar-refractivity contribution in [1.82, 2.24) is 9.80 Å². The molecule has 0 aromatic heterocycles. The van der Waals surface area contributed by atoms with Crippen LogP contribution in [0.4, 0.5) is 9.18 Å². The van der Waals surface area contributed by atoms with Crippen LogP contribution in [-0.4, -0.2) is 59.7 Å². The predicted octanol–water partition coefficient (Wildman–Crippen LogP) is 4.15. The molecular formula is C24H33FN2O4. The molecule has 0 bridgehead atoms. The van der Waals surface area contributed by atoms with Crippen molar-refractivity contribution in [2.45, 2.75) is 77.6 Å². The van der Waals surface area contributed by atoms with Crippen molar-refractivity contribution < 1.29 is 23.5 Å². The van der Waals surface area contributed by atoms with E-state index < -0.39 is 11.6 Å². The number of nitrogens with zero attached hydrogens (tertiary/aromatic N) is 2. The number of carbonyl (C=O) groups excluding carboxylic acids is 2. The predicted molar refractivity (Wildman–Crippen MR) is 114 cm³/mol. The number of likely N-dealkylation sites (tertiary alicyclic amines) is 1. The summed E-state index contributed by atoms with van der Waals surface area (Å²) in [5.74, 6) is -0.821. The fourth-order valence-electron chi connectivity index (χ4n) is 5.44. The third-order valence-corrected chi connectivity index (χ3v) is 6.95. The molecule has 7 heteroatoms. The minimum absolute atomic E-state index is 0.194. The summed E-state index contributed by atoms with van der Waals surface area (Å²) in [4.78, 5) is 28.4. The zero-order valence-electron chi connectivity index (χ0n) is 19.2. The number of benzene rings is 1. The lowest BCUT2D eigenvalue weighted by atomic mass is 9.60. The number of amides is 1. The maximum atomic E-state index is 14.7. The van der Waals surface area contributed by atoms with Crippen LogP contribution in [0.15, 0.2) is 12.1 Å². The highest BCUT2D eigenvalue weighted by atomic mass is 19.1. The van der Waals surface area contributed by atoms with Gasteiger partial charge in [0, 0.05) is 37.1 Å². The van der Waals surface area contributed by atoms with E-state index in [2.05, 4.69) is 11.8 Å². The van der Waals surface area contributed by atoms with Gasteiger partial charge in [-0.2, -0.15) is 0 Å². The molecule has 1 aliphatic carbocycles. The largest absolute Gasteiger partial charge is 0.465 e. The lowest BCUT2D eigenvalue weighted by molar-refractivity contribution is -0.118. The van der Waals surface area contributed by atoms with E-state index in [9.17, 15) is 14.0 Å². The van der Waals surface area contributed by atoms with Crippen LogP contribution in [0.1, 0.15) is 68.4 Å². The number of carbonyl (C=O) groups is 2. The van der Waals surface area contributed by atoms with Crippen molar-refractivity contribution in [3.63, 3.8) is 0 Å². The minimum Gasteiger partial charge on any atom is -0.465 e. The molecule has 1 amide bonds. The standard InChI is InChI=1S/C24H33FN2O4/c1-6-17-9-19-16(7-15(8-20(19)25)21(28)30-5)12-27(17)18-10-24(11-18)13-26(14-24)22(29)31-23(2,3)4/h7-8,17-18H,6,9-14H2,1-5H3. The number of hydrogen-bond acceptors (Lipinski definition) is 5. The first-order valence-electron chi connectivity index (χ1n) is 11.2. The summed E-state index contributed by atoms with van der Waals surface area (Å²) in [5.41, 5.74) is 1.60. The molecule has 6 nitrogen and oxygen atoms in total. The summed E-state index contributed by atoms with van der Waals surface area (Å²) in [6.45, 7) is 9.94. The summed E-state index contributed by atoms with van der Waals surface area (Å²) in [7, 11) is 1.31. The molecular weight excluding hydrogens is 399 g/mol. The average Bonchev–Trinajstić information content (AvgIpc) is 2.63. The third kappa shape index (κ3) is 4.16. The molecule has 0 N–H and O–H groups in total. The number of halogens is 1. The fourth-order valence-corrected chi connectivity index (χ4v) is 5.44. The number of fused-ring (bicyclic) bond motifs is 1. The van der Waals surface area contributed by atoms with Crippen molar-refractivity contribution in [2.24, 2.45) is 5.41 Å². The Bertz CT molecular complexity index is 880. The van der Waals surface area contributed by atoms with Gasteiger partial charge in [0.2, 0.25) is 0 Å². The van der Waals surface area contributed by atoms with Gasteiger partial charge in [-0.05, 0) is 69.7 Å². The number of rotatable bonds is 3. The lowest BCUT2D eigenvalue weighted by Gasteiger charge is -2.62. The van der Waals surface area contributed by atoms with E-state index >= 15 is 0 Å². The Hall–Kier alpha value is -2.15. The molecule has 2 aliphatic heterocycles. The van der Waals surface area contributed by atoms with Crippen LogP contribution in [-0.2, 0) is 22.4 Å². The second-order valence-corrected chi connectivity index (χ2v) is 10.4. The van der Waals surface area contributed by atoms with E-state index in [-0.39, 0.29) is 28.9 Å². The van der Waals surface area contributed by atoms with Gasteiger partial charge >= 0.3 is 12.1 Å². The van der Waals surface area contributed by atoms with Crippen molar-refractivity contribution in [1.29, 1.82) is 0 Å². The van der Waals surface area contributed by atoms with Crippen molar-refractivity contribution in [3.05, 3.63) is 34.6 Å². The van der Waals surface area contributed by atoms with E-state index in [4.69, 9.17) is 9.47 Å². The van der Waals surface area contributed by atoms with Crippen LogP contribution in [0, 0.1) is 11.2 Å². The third-order valence-electron chi connectivity index (χ3n) is 6.95. The summed E-state index contributed by atoms with van der Waals surface area (Å²) >= 11 is 0. The Morgan fingerprint density at radius 3 is 2.48 bits per heavy atom. The maximum absolute atomic E-state index is 14.7. The van der Waals surface area contributed by atoms with Crippen LogP contribution in [0.3, 0.4) is 0 Å². The van der Waals surface area contributed by atoms with Crippen LogP contribution in [0.5, 0.6) is 0 Å². The van der Waals surface area contributed by atoms with E-state index in [1.54, 1.807) is 11.0 Å². The van der Waals surface area contributed by atoms with Gasteiger partial charge in [-0.3, -0.25) is 4.90 Å².